The van der Waals surface area contributed by atoms with Crippen molar-refractivity contribution in [1.29, 1.82) is 0 Å². The third-order valence-electron chi connectivity index (χ3n) is 5.84. The van der Waals surface area contributed by atoms with Gasteiger partial charge in [0.05, 0.1) is 17.2 Å². The van der Waals surface area contributed by atoms with Crippen molar-refractivity contribution in [1.82, 2.24) is 19.7 Å². The Kier molecular flexibility index (Phi) is 4.48. The van der Waals surface area contributed by atoms with Crippen molar-refractivity contribution in [3.05, 3.63) is 29.6 Å². The summed E-state index contributed by atoms with van der Waals surface area (Å²) < 4.78 is 37.7. The van der Waals surface area contributed by atoms with Crippen LogP contribution in [0.5, 0.6) is 0 Å². The zero-order valence-corrected chi connectivity index (χ0v) is 15.3. The van der Waals surface area contributed by atoms with Crippen LogP contribution < -0.4 is 5.73 Å². The fraction of sp³-hybridized carbons (Fsp3) is 0.611. The summed E-state index contributed by atoms with van der Waals surface area (Å²) in [6, 6.07) is 2.42. The lowest BCUT2D eigenvalue weighted by molar-refractivity contribution is -0.137. The Balaban J connectivity index is 1.22. The van der Waals surface area contributed by atoms with Crippen LogP contribution in [0.4, 0.5) is 18.0 Å². The minimum absolute atomic E-state index is 0.0442. The molecule has 1 aromatic heterocycles. The van der Waals surface area contributed by atoms with Gasteiger partial charge in [-0.2, -0.15) is 13.2 Å². The summed E-state index contributed by atoms with van der Waals surface area (Å²) in [7, 11) is 0. The molecule has 0 aliphatic carbocycles. The number of halogens is 3. The van der Waals surface area contributed by atoms with Gasteiger partial charge in [0.1, 0.15) is 0 Å². The van der Waals surface area contributed by atoms with Crippen LogP contribution in [0.3, 0.4) is 0 Å². The first kappa shape index (κ1) is 19.0. The van der Waals surface area contributed by atoms with Crippen LogP contribution >= 0.6 is 0 Å². The smallest absolute Gasteiger partial charge is 0.369 e. The van der Waals surface area contributed by atoms with Crippen molar-refractivity contribution in [3.8, 4) is 0 Å². The molecule has 4 rings (SSSR count). The quantitative estimate of drug-likeness (QED) is 0.830. The highest BCUT2D eigenvalue weighted by Crippen LogP contribution is 2.41. The second-order valence-electron chi connectivity index (χ2n) is 8.15. The first-order chi connectivity index (χ1) is 13.2. The molecule has 3 amide bonds. The number of nitrogens with two attached hydrogens (primary N) is 1. The van der Waals surface area contributed by atoms with Gasteiger partial charge in [0.25, 0.3) is 0 Å². The number of hydrogen-bond acceptors (Lipinski definition) is 4. The summed E-state index contributed by atoms with van der Waals surface area (Å²) in [5.41, 5.74) is 5.24. The van der Waals surface area contributed by atoms with E-state index in [1.54, 1.807) is 9.80 Å². The molecule has 4 heterocycles. The van der Waals surface area contributed by atoms with Crippen LogP contribution in [0, 0.1) is 11.3 Å². The first-order valence-electron chi connectivity index (χ1n) is 9.23. The van der Waals surface area contributed by atoms with Crippen LogP contribution in [0.25, 0.3) is 0 Å². The molecule has 1 atom stereocenters. The van der Waals surface area contributed by atoms with E-state index in [1.165, 1.54) is 6.07 Å². The number of likely N-dealkylation sites (tertiary alicyclic amines) is 3. The Morgan fingerprint density at radius 3 is 2.43 bits per heavy atom. The van der Waals surface area contributed by atoms with Gasteiger partial charge in [-0.05, 0) is 18.6 Å². The van der Waals surface area contributed by atoms with Crippen LogP contribution in [0.1, 0.15) is 17.7 Å². The number of nitrogens with zero attached hydrogens (tertiary/aromatic N) is 4. The molecule has 1 spiro atoms. The number of pyridine rings is 1. The topological polar surface area (TPSA) is 82.8 Å². The van der Waals surface area contributed by atoms with Crippen LogP contribution in [0.2, 0.25) is 0 Å². The number of hydrogen-bond donors (Lipinski definition) is 1. The van der Waals surface area contributed by atoms with Crippen LogP contribution in [-0.4, -0.2) is 70.9 Å². The predicted octanol–water partition coefficient (Wildman–Crippen LogP) is 1.15. The molecule has 0 radical (unpaired) electrons. The lowest BCUT2D eigenvalue weighted by atomic mass is 9.73. The minimum atomic E-state index is -4.37. The number of urea groups is 1. The summed E-state index contributed by atoms with van der Waals surface area (Å²) in [6.45, 7) is 4.37. The number of carbonyl (C=O) groups excluding carboxylic acids is 2. The molecule has 0 unspecified atom stereocenters. The van der Waals surface area contributed by atoms with E-state index < -0.39 is 11.7 Å². The normalized spacial score (nSPS) is 24.2. The molecule has 1 aromatic rings. The van der Waals surface area contributed by atoms with Crippen LogP contribution in [-0.2, 0) is 17.5 Å². The van der Waals surface area contributed by atoms with E-state index in [-0.39, 0.29) is 23.3 Å². The van der Waals surface area contributed by atoms with E-state index >= 15 is 0 Å². The van der Waals surface area contributed by atoms with Gasteiger partial charge in [0, 0.05) is 57.4 Å². The summed E-state index contributed by atoms with van der Waals surface area (Å²) in [4.78, 5) is 33.2. The molecule has 3 fully saturated rings. The molecule has 2 N–H and O–H groups in total. The van der Waals surface area contributed by atoms with Gasteiger partial charge < -0.3 is 15.5 Å². The average molecular weight is 397 g/mol. The molecule has 7 nitrogen and oxygen atoms in total. The molecule has 28 heavy (non-hydrogen) atoms. The molecular formula is C18H22F3N5O2. The van der Waals surface area contributed by atoms with Gasteiger partial charge in [0.2, 0.25) is 5.91 Å². The molecule has 3 aliphatic heterocycles. The third-order valence-corrected chi connectivity index (χ3v) is 5.84. The number of amides is 3. The molecule has 0 aromatic carbocycles. The summed E-state index contributed by atoms with van der Waals surface area (Å²) in [5, 5.41) is 0. The maximum atomic E-state index is 12.6. The van der Waals surface area contributed by atoms with Crippen molar-refractivity contribution in [3.63, 3.8) is 0 Å². The van der Waals surface area contributed by atoms with E-state index in [4.69, 9.17) is 5.73 Å². The Bertz CT molecular complexity index is 768. The van der Waals surface area contributed by atoms with Gasteiger partial charge in [-0.1, -0.05) is 0 Å². The van der Waals surface area contributed by atoms with Crippen molar-refractivity contribution in [2.75, 3.05) is 39.3 Å². The van der Waals surface area contributed by atoms with Crippen molar-refractivity contribution in [2.24, 2.45) is 17.1 Å². The van der Waals surface area contributed by atoms with E-state index in [9.17, 15) is 22.8 Å². The highest BCUT2D eigenvalue weighted by atomic mass is 19.4. The molecule has 152 valence electrons. The third kappa shape index (κ3) is 3.52. The fourth-order valence-corrected chi connectivity index (χ4v) is 4.39. The Labute approximate surface area is 160 Å². The van der Waals surface area contributed by atoms with E-state index in [0.717, 1.165) is 25.4 Å². The number of primary amides is 1. The average Bonchev–Trinajstić information content (AvgIpc) is 3.05. The van der Waals surface area contributed by atoms with E-state index in [1.807, 2.05) is 0 Å². The summed E-state index contributed by atoms with van der Waals surface area (Å²) in [5.74, 6) is -0.614. The number of alkyl halides is 3. The monoisotopic (exact) mass is 397 g/mol. The maximum Gasteiger partial charge on any atom is 0.417 e. The van der Waals surface area contributed by atoms with Gasteiger partial charge >= 0.3 is 12.2 Å². The second kappa shape index (κ2) is 6.61. The standard InChI is InChI=1S/C18H22F3N5O2/c19-18(20,21)13-1-2-14(23-5-13)7-24-8-17(9-24)10-26(11-17)16(28)25-4-3-12(6-25)15(22)27/h1-2,5,12H,3-4,6-11H2,(H2,22,27)/t12-/m0/s1. The number of carbonyl (C=O) groups is 2. The molecular weight excluding hydrogens is 375 g/mol. The SMILES string of the molecule is NC(=O)[C@H]1CCN(C(=O)N2CC3(CN(Cc4ccc(C(F)(F)F)cn4)C3)C2)C1. The van der Waals surface area contributed by atoms with E-state index in [2.05, 4.69) is 9.88 Å². The molecule has 3 saturated heterocycles. The van der Waals surface area contributed by atoms with Crippen molar-refractivity contribution in [2.45, 2.75) is 19.1 Å². The van der Waals surface area contributed by atoms with Crippen LogP contribution in [0.15, 0.2) is 18.3 Å². The fourth-order valence-electron chi connectivity index (χ4n) is 4.39. The van der Waals surface area contributed by atoms with Gasteiger partial charge in [0.15, 0.2) is 0 Å². The minimum Gasteiger partial charge on any atom is -0.369 e. The summed E-state index contributed by atoms with van der Waals surface area (Å²) >= 11 is 0. The molecule has 3 aliphatic rings. The lowest BCUT2D eigenvalue weighted by Crippen LogP contribution is -2.73. The second-order valence-corrected chi connectivity index (χ2v) is 8.15. The van der Waals surface area contributed by atoms with Gasteiger partial charge in [-0.25, -0.2) is 4.79 Å². The first-order valence-corrected chi connectivity index (χ1v) is 9.23. The molecule has 0 bridgehead atoms. The highest BCUT2D eigenvalue weighted by molar-refractivity contribution is 5.80. The number of aromatic nitrogens is 1. The number of rotatable bonds is 3. The maximum absolute atomic E-state index is 12.6. The van der Waals surface area contributed by atoms with Crippen molar-refractivity contribution >= 4 is 11.9 Å². The van der Waals surface area contributed by atoms with E-state index in [0.29, 0.717) is 44.8 Å². The largest absolute Gasteiger partial charge is 0.417 e. The zero-order valence-electron chi connectivity index (χ0n) is 15.3. The van der Waals surface area contributed by atoms with Gasteiger partial charge in [-0.3, -0.25) is 14.7 Å². The summed E-state index contributed by atoms with van der Waals surface area (Å²) in [6.07, 6.45) is -2.89. The lowest BCUT2D eigenvalue weighted by Gasteiger charge is -2.60. The predicted molar refractivity (Wildman–Crippen MR) is 92.8 cm³/mol. The molecule has 10 heteroatoms. The Morgan fingerprint density at radius 1 is 1.18 bits per heavy atom. The zero-order chi connectivity index (χ0) is 20.1. The molecule has 0 saturated carbocycles. The Hall–Kier alpha value is -2.36. The highest BCUT2D eigenvalue weighted by Gasteiger charge is 2.53. The van der Waals surface area contributed by atoms with Crippen molar-refractivity contribution < 1.29 is 22.8 Å². The van der Waals surface area contributed by atoms with Gasteiger partial charge in [-0.15, -0.1) is 0 Å². The Morgan fingerprint density at radius 2 is 1.89 bits per heavy atom.